The number of hydrogen-bond donors (Lipinski definition) is 2. The maximum Gasteiger partial charge on any atom is 0.224 e. The monoisotopic (exact) mass is 291 g/mol. The number of nitrogens with two attached hydrogens (primary N) is 1. The van der Waals surface area contributed by atoms with Crippen molar-refractivity contribution in [3.8, 4) is 0 Å². The van der Waals surface area contributed by atoms with Gasteiger partial charge in [-0.25, -0.2) is 0 Å². The second-order valence-electron chi connectivity index (χ2n) is 5.79. The molecule has 0 fully saturated rings. The van der Waals surface area contributed by atoms with Crippen molar-refractivity contribution in [1.29, 1.82) is 0 Å². The fourth-order valence-corrected chi connectivity index (χ4v) is 2.29. The quantitative estimate of drug-likeness (QED) is 0.735. The molecule has 0 aromatic heterocycles. The number of hydrogen-bond acceptors (Lipinski definition) is 3. The number of amides is 1. The van der Waals surface area contributed by atoms with Gasteiger partial charge in [-0.2, -0.15) is 0 Å². The first-order chi connectivity index (χ1) is 10.1. The van der Waals surface area contributed by atoms with Gasteiger partial charge < -0.3 is 16.0 Å². The van der Waals surface area contributed by atoms with Gasteiger partial charge in [0.05, 0.1) is 0 Å². The SMILES string of the molecule is CCC(C)CN(C)CCCC(=O)Nc1ccccc1CN. The normalized spacial score (nSPS) is 12.4. The highest BCUT2D eigenvalue weighted by Gasteiger charge is 2.08. The Morgan fingerprint density at radius 2 is 2.10 bits per heavy atom. The lowest BCUT2D eigenvalue weighted by Gasteiger charge is -2.20. The highest BCUT2D eigenvalue weighted by molar-refractivity contribution is 5.91. The first-order valence-corrected chi connectivity index (χ1v) is 7.83. The van der Waals surface area contributed by atoms with Crippen LogP contribution in [0.4, 0.5) is 5.69 Å². The average Bonchev–Trinajstić information content (AvgIpc) is 2.47. The zero-order valence-electron chi connectivity index (χ0n) is 13.6. The Labute approximate surface area is 128 Å². The van der Waals surface area contributed by atoms with Crippen LogP contribution in [0.1, 0.15) is 38.7 Å². The molecule has 3 N–H and O–H groups in total. The van der Waals surface area contributed by atoms with Crippen molar-refractivity contribution in [1.82, 2.24) is 4.90 Å². The first kappa shape index (κ1) is 17.7. The Bertz CT molecular complexity index is 434. The first-order valence-electron chi connectivity index (χ1n) is 7.83. The molecule has 4 heteroatoms. The van der Waals surface area contributed by atoms with Crippen molar-refractivity contribution >= 4 is 11.6 Å². The van der Waals surface area contributed by atoms with Crippen LogP contribution < -0.4 is 11.1 Å². The van der Waals surface area contributed by atoms with Gasteiger partial charge in [-0.15, -0.1) is 0 Å². The Morgan fingerprint density at radius 3 is 2.76 bits per heavy atom. The molecule has 4 nitrogen and oxygen atoms in total. The van der Waals surface area contributed by atoms with E-state index in [0.29, 0.717) is 18.9 Å². The van der Waals surface area contributed by atoms with Crippen molar-refractivity contribution in [2.75, 3.05) is 25.5 Å². The van der Waals surface area contributed by atoms with E-state index in [0.717, 1.165) is 30.8 Å². The van der Waals surface area contributed by atoms with Crippen LogP contribution in [-0.2, 0) is 11.3 Å². The molecule has 0 saturated heterocycles. The molecule has 0 aliphatic rings. The minimum atomic E-state index is 0.0628. The van der Waals surface area contributed by atoms with Crippen LogP contribution in [0.3, 0.4) is 0 Å². The number of benzene rings is 1. The van der Waals surface area contributed by atoms with Crippen molar-refractivity contribution in [2.45, 2.75) is 39.7 Å². The lowest BCUT2D eigenvalue weighted by molar-refractivity contribution is -0.116. The zero-order chi connectivity index (χ0) is 15.7. The summed E-state index contributed by atoms with van der Waals surface area (Å²) in [5.74, 6) is 0.771. The summed E-state index contributed by atoms with van der Waals surface area (Å²) in [6.07, 6.45) is 2.62. The van der Waals surface area contributed by atoms with Gasteiger partial charge >= 0.3 is 0 Å². The summed E-state index contributed by atoms with van der Waals surface area (Å²) in [7, 11) is 2.12. The zero-order valence-corrected chi connectivity index (χ0v) is 13.6. The maximum atomic E-state index is 12.0. The van der Waals surface area contributed by atoms with Crippen LogP contribution in [0.5, 0.6) is 0 Å². The molecule has 1 aromatic carbocycles. The number of para-hydroxylation sites is 1. The molecule has 1 unspecified atom stereocenters. The van der Waals surface area contributed by atoms with Crippen LogP contribution in [-0.4, -0.2) is 30.9 Å². The average molecular weight is 291 g/mol. The summed E-state index contributed by atoms with van der Waals surface area (Å²) < 4.78 is 0. The lowest BCUT2D eigenvalue weighted by Crippen LogP contribution is -2.26. The maximum absolute atomic E-state index is 12.0. The van der Waals surface area contributed by atoms with Crippen molar-refractivity contribution < 1.29 is 4.79 Å². The van der Waals surface area contributed by atoms with E-state index >= 15 is 0 Å². The van der Waals surface area contributed by atoms with Gasteiger partial charge in [-0.1, -0.05) is 38.5 Å². The van der Waals surface area contributed by atoms with Gasteiger partial charge in [0.25, 0.3) is 0 Å². The van der Waals surface area contributed by atoms with Crippen LogP contribution in [0.2, 0.25) is 0 Å². The summed E-state index contributed by atoms with van der Waals surface area (Å²) in [6.45, 7) is 6.95. The molecule has 1 amide bonds. The molecule has 1 atom stereocenters. The van der Waals surface area contributed by atoms with E-state index < -0.39 is 0 Å². The molecule has 0 aliphatic carbocycles. The van der Waals surface area contributed by atoms with Gasteiger partial charge in [0.2, 0.25) is 5.91 Å². The molecular formula is C17H29N3O. The van der Waals surface area contributed by atoms with Crippen LogP contribution in [0.25, 0.3) is 0 Å². The molecule has 1 aromatic rings. The van der Waals surface area contributed by atoms with Crippen LogP contribution in [0.15, 0.2) is 24.3 Å². The number of rotatable bonds is 9. The Balaban J connectivity index is 2.31. The Hall–Kier alpha value is -1.39. The molecule has 118 valence electrons. The summed E-state index contributed by atoms with van der Waals surface area (Å²) in [5.41, 5.74) is 7.47. The topological polar surface area (TPSA) is 58.4 Å². The van der Waals surface area contributed by atoms with E-state index in [1.165, 1.54) is 6.42 Å². The van der Waals surface area contributed by atoms with Gasteiger partial charge in [-0.05, 0) is 37.6 Å². The molecular weight excluding hydrogens is 262 g/mol. The van der Waals surface area contributed by atoms with Gasteiger partial charge in [-0.3, -0.25) is 4.79 Å². The molecule has 1 rings (SSSR count). The summed E-state index contributed by atoms with van der Waals surface area (Å²) >= 11 is 0. The van der Waals surface area contributed by atoms with Crippen molar-refractivity contribution in [2.24, 2.45) is 11.7 Å². The second-order valence-corrected chi connectivity index (χ2v) is 5.79. The molecule has 0 bridgehead atoms. The Morgan fingerprint density at radius 1 is 1.38 bits per heavy atom. The molecule has 0 saturated carbocycles. The molecule has 0 spiro atoms. The number of anilines is 1. The fourth-order valence-electron chi connectivity index (χ4n) is 2.29. The molecule has 0 radical (unpaired) electrons. The molecule has 21 heavy (non-hydrogen) atoms. The van der Waals surface area contributed by atoms with E-state index in [2.05, 4.69) is 31.1 Å². The third-order valence-electron chi connectivity index (χ3n) is 3.78. The van der Waals surface area contributed by atoms with E-state index in [9.17, 15) is 4.79 Å². The predicted molar refractivity (Wildman–Crippen MR) is 89.1 cm³/mol. The van der Waals surface area contributed by atoms with Gasteiger partial charge in [0, 0.05) is 25.2 Å². The van der Waals surface area contributed by atoms with E-state index in [1.807, 2.05) is 24.3 Å². The highest BCUT2D eigenvalue weighted by Crippen LogP contribution is 2.14. The number of carbonyl (C=O) groups is 1. The van der Waals surface area contributed by atoms with E-state index in [4.69, 9.17) is 5.73 Å². The largest absolute Gasteiger partial charge is 0.326 e. The standard InChI is InChI=1S/C17H29N3O/c1-4-14(2)13-20(3)11-7-10-17(21)19-16-9-6-5-8-15(16)12-18/h5-6,8-9,14H,4,7,10-13,18H2,1-3H3,(H,19,21). The number of nitrogens with zero attached hydrogens (tertiary/aromatic N) is 1. The van der Waals surface area contributed by atoms with E-state index in [-0.39, 0.29) is 5.91 Å². The minimum Gasteiger partial charge on any atom is -0.326 e. The van der Waals surface area contributed by atoms with Crippen molar-refractivity contribution in [3.63, 3.8) is 0 Å². The van der Waals surface area contributed by atoms with Crippen molar-refractivity contribution in [3.05, 3.63) is 29.8 Å². The van der Waals surface area contributed by atoms with Crippen LogP contribution >= 0.6 is 0 Å². The summed E-state index contributed by atoms with van der Waals surface area (Å²) in [6, 6.07) is 7.68. The van der Waals surface area contributed by atoms with Gasteiger partial charge in [0.15, 0.2) is 0 Å². The summed E-state index contributed by atoms with van der Waals surface area (Å²) in [4.78, 5) is 14.3. The van der Waals surface area contributed by atoms with Crippen LogP contribution in [0, 0.1) is 5.92 Å². The second kappa shape index (κ2) is 9.53. The Kier molecular flexibility index (Phi) is 8.01. The number of nitrogens with one attached hydrogen (secondary N) is 1. The molecule has 0 aliphatic heterocycles. The third-order valence-corrected chi connectivity index (χ3v) is 3.78. The minimum absolute atomic E-state index is 0.0628. The lowest BCUT2D eigenvalue weighted by atomic mass is 10.1. The predicted octanol–water partition coefficient (Wildman–Crippen LogP) is 2.84. The fraction of sp³-hybridized carbons (Fsp3) is 0.588. The van der Waals surface area contributed by atoms with Gasteiger partial charge in [0.1, 0.15) is 0 Å². The molecule has 0 heterocycles. The third kappa shape index (κ3) is 6.74. The highest BCUT2D eigenvalue weighted by atomic mass is 16.1. The van der Waals surface area contributed by atoms with E-state index in [1.54, 1.807) is 0 Å². The summed E-state index contributed by atoms with van der Waals surface area (Å²) in [5, 5.41) is 2.95. The smallest absolute Gasteiger partial charge is 0.224 e. The number of carbonyl (C=O) groups excluding carboxylic acids is 1.